The Morgan fingerprint density at radius 2 is 1.68 bits per heavy atom. The normalized spacial score (nSPS) is 10.8. The van der Waals surface area contributed by atoms with Crippen molar-refractivity contribution in [3.8, 4) is 5.75 Å². The maximum atomic E-state index is 12.8. The van der Waals surface area contributed by atoms with Crippen LogP contribution in [0.15, 0.2) is 17.3 Å². The molecule has 0 aliphatic carbocycles. The van der Waals surface area contributed by atoms with E-state index in [0.29, 0.717) is 27.3 Å². The molecule has 0 radical (unpaired) electrons. The molecule has 0 saturated carbocycles. The predicted molar refractivity (Wildman–Crippen MR) is 147 cm³/mol. The quantitative estimate of drug-likeness (QED) is 0.243. The van der Waals surface area contributed by atoms with Crippen molar-refractivity contribution in [2.24, 2.45) is 7.05 Å². The van der Waals surface area contributed by atoms with E-state index in [0.717, 1.165) is 22.5 Å². The number of anilines is 1. The van der Waals surface area contributed by atoms with Crippen molar-refractivity contribution in [1.82, 2.24) is 14.8 Å². The van der Waals surface area contributed by atoms with Gasteiger partial charge in [-0.05, 0) is 63.4 Å². The third-order valence-electron chi connectivity index (χ3n) is 5.38. The monoisotopic (exact) mass is 580 g/mol. The van der Waals surface area contributed by atoms with Gasteiger partial charge in [0.15, 0.2) is 11.0 Å². The Morgan fingerprint density at radius 3 is 2.32 bits per heavy atom. The number of thiophene rings is 1. The Hall–Kier alpha value is -3.09. The number of thioether (sulfide) groups is 1. The van der Waals surface area contributed by atoms with Gasteiger partial charge in [0, 0.05) is 12.1 Å². The lowest BCUT2D eigenvalue weighted by atomic mass is 10.1. The average molecular weight is 581 g/mol. The van der Waals surface area contributed by atoms with Gasteiger partial charge in [0.1, 0.15) is 22.2 Å². The van der Waals surface area contributed by atoms with Crippen molar-refractivity contribution in [2.75, 3.05) is 24.3 Å². The number of hydrogen-bond acceptors (Lipinski definition) is 10. The van der Waals surface area contributed by atoms with Gasteiger partial charge in [-0.1, -0.05) is 23.4 Å². The number of aryl methyl sites for hydroxylation is 2. The van der Waals surface area contributed by atoms with E-state index in [1.165, 1.54) is 11.8 Å². The van der Waals surface area contributed by atoms with Crippen molar-refractivity contribution in [1.29, 1.82) is 0 Å². The predicted octanol–water partition coefficient (Wildman–Crippen LogP) is 5.12. The van der Waals surface area contributed by atoms with Crippen LogP contribution in [-0.4, -0.2) is 51.6 Å². The van der Waals surface area contributed by atoms with Crippen molar-refractivity contribution < 1.29 is 28.6 Å². The zero-order chi connectivity index (χ0) is 28.0. The fraction of sp³-hybridized carbons (Fsp3) is 0.400. The van der Waals surface area contributed by atoms with E-state index in [9.17, 15) is 14.4 Å². The van der Waals surface area contributed by atoms with Crippen LogP contribution in [0.3, 0.4) is 0 Å². The molecule has 0 aliphatic heterocycles. The number of nitrogens with one attached hydrogen (secondary N) is 1. The topological polar surface area (TPSA) is 122 Å². The molecule has 2 heterocycles. The molecule has 0 bridgehead atoms. The van der Waals surface area contributed by atoms with Crippen molar-refractivity contribution in [2.45, 2.75) is 46.4 Å². The van der Waals surface area contributed by atoms with E-state index in [-0.39, 0.29) is 46.9 Å². The van der Waals surface area contributed by atoms with Crippen LogP contribution in [0.2, 0.25) is 5.02 Å². The number of aromatic nitrogens is 3. The minimum atomic E-state index is -0.622. The van der Waals surface area contributed by atoms with E-state index < -0.39 is 11.9 Å². The molecule has 0 unspecified atom stereocenters. The van der Waals surface area contributed by atoms with E-state index in [1.54, 1.807) is 32.4 Å². The lowest BCUT2D eigenvalue weighted by Gasteiger charge is -2.10. The highest BCUT2D eigenvalue weighted by Gasteiger charge is 2.27. The van der Waals surface area contributed by atoms with Crippen LogP contribution in [0.4, 0.5) is 5.00 Å². The lowest BCUT2D eigenvalue weighted by molar-refractivity contribution is -0.113. The number of esters is 2. The number of carbonyl (C=O) groups is 3. The molecular weight excluding hydrogens is 552 g/mol. The number of ether oxygens (including phenoxy) is 3. The van der Waals surface area contributed by atoms with E-state index in [2.05, 4.69) is 15.5 Å². The van der Waals surface area contributed by atoms with Crippen molar-refractivity contribution in [3.63, 3.8) is 0 Å². The number of amides is 1. The lowest BCUT2D eigenvalue weighted by Crippen LogP contribution is -2.17. The Morgan fingerprint density at radius 1 is 1.05 bits per heavy atom. The fourth-order valence-electron chi connectivity index (χ4n) is 3.47. The summed E-state index contributed by atoms with van der Waals surface area (Å²) >= 11 is 8.37. The number of carbonyl (C=O) groups excluding carboxylic acids is 3. The van der Waals surface area contributed by atoms with Crippen LogP contribution in [0.5, 0.6) is 5.75 Å². The summed E-state index contributed by atoms with van der Waals surface area (Å²) < 4.78 is 17.8. The molecular formula is C25H29ClN4O6S2. The van der Waals surface area contributed by atoms with Crippen LogP contribution < -0.4 is 10.1 Å². The van der Waals surface area contributed by atoms with Crippen LogP contribution in [0, 0.1) is 20.8 Å². The van der Waals surface area contributed by atoms with Gasteiger partial charge in [-0.3, -0.25) is 4.79 Å². The summed E-state index contributed by atoms with van der Waals surface area (Å²) in [6, 6.07) is 3.71. The fourth-order valence-corrected chi connectivity index (χ4v) is 5.41. The van der Waals surface area contributed by atoms with Gasteiger partial charge >= 0.3 is 11.9 Å². The second-order valence-electron chi connectivity index (χ2n) is 8.16. The highest BCUT2D eigenvalue weighted by Crippen LogP contribution is 2.34. The van der Waals surface area contributed by atoms with E-state index in [4.69, 9.17) is 25.8 Å². The van der Waals surface area contributed by atoms with Gasteiger partial charge in [-0.15, -0.1) is 21.5 Å². The van der Waals surface area contributed by atoms with Gasteiger partial charge in [0.05, 0.1) is 24.5 Å². The first kappa shape index (κ1) is 29.5. The van der Waals surface area contributed by atoms with Gasteiger partial charge in [-0.25, -0.2) is 9.59 Å². The molecule has 38 heavy (non-hydrogen) atoms. The maximum Gasteiger partial charge on any atom is 0.348 e. The van der Waals surface area contributed by atoms with E-state index in [1.807, 2.05) is 26.0 Å². The molecule has 1 amide bonds. The summed E-state index contributed by atoms with van der Waals surface area (Å²) in [5, 5.41) is 12.5. The Kier molecular flexibility index (Phi) is 10.2. The molecule has 3 aromatic rings. The maximum absolute atomic E-state index is 12.8. The third-order valence-corrected chi connectivity index (χ3v) is 8.18. The third kappa shape index (κ3) is 6.86. The zero-order valence-electron chi connectivity index (χ0n) is 22.0. The molecule has 10 nitrogen and oxygen atoms in total. The first-order chi connectivity index (χ1) is 18.1. The summed E-state index contributed by atoms with van der Waals surface area (Å²) in [6.07, 6.45) is 0. The van der Waals surface area contributed by atoms with Crippen LogP contribution >= 0.6 is 34.7 Å². The molecule has 0 spiro atoms. The Labute approximate surface area is 234 Å². The second-order valence-corrected chi connectivity index (χ2v) is 10.5. The average Bonchev–Trinajstić information content (AvgIpc) is 3.38. The van der Waals surface area contributed by atoms with Crippen LogP contribution in [0.1, 0.15) is 56.4 Å². The first-order valence-electron chi connectivity index (χ1n) is 11.7. The largest absolute Gasteiger partial charge is 0.486 e. The second kappa shape index (κ2) is 13.1. The number of rotatable bonds is 11. The molecule has 3 rings (SSSR count). The number of halogens is 1. The van der Waals surface area contributed by atoms with Gasteiger partial charge in [0.25, 0.3) is 0 Å². The summed E-state index contributed by atoms with van der Waals surface area (Å²) in [6.45, 7) is 9.34. The SMILES string of the molecule is CCOC(=O)c1sc(NC(=O)CSc2nnc(COc3cc(C)c(Cl)c(C)c3)n2C)c(C(=O)OCC)c1C. The van der Waals surface area contributed by atoms with Crippen LogP contribution in [0.25, 0.3) is 0 Å². The molecule has 0 saturated heterocycles. The first-order valence-corrected chi connectivity index (χ1v) is 13.9. The highest BCUT2D eigenvalue weighted by molar-refractivity contribution is 7.99. The van der Waals surface area contributed by atoms with Crippen LogP contribution in [-0.2, 0) is 27.9 Å². The minimum Gasteiger partial charge on any atom is -0.486 e. The summed E-state index contributed by atoms with van der Waals surface area (Å²) in [4.78, 5) is 37.9. The summed E-state index contributed by atoms with van der Waals surface area (Å²) in [5.74, 6) is -0.319. The number of nitrogens with zero attached hydrogens (tertiary/aromatic N) is 3. The molecule has 1 N–H and O–H groups in total. The molecule has 0 atom stereocenters. The zero-order valence-corrected chi connectivity index (χ0v) is 24.4. The molecule has 1 aromatic carbocycles. The van der Waals surface area contributed by atoms with Gasteiger partial charge in [-0.2, -0.15) is 0 Å². The van der Waals surface area contributed by atoms with Gasteiger partial charge < -0.3 is 24.1 Å². The molecule has 0 aliphatic rings. The standard InChI is InChI=1S/C25H29ClN4O6S2/c1-7-34-23(32)19-15(5)21(24(33)35-8-2)38-22(19)27-18(31)12-37-25-29-28-17(30(25)6)11-36-16-9-13(3)20(26)14(4)10-16/h9-10H,7-8,11-12H2,1-6H3,(H,27,31). The number of benzene rings is 1. The Balaban J connectivity index is 1.66. The molecule has 0 fully saturated rings. The summed E-state index contributed by atoms with van der Waals surface area (Å²) in [5.41, 5.74) is 2.38. The number of hydrogen-bond donors (Lipinski definition) is 1. The molecule has 13 heteroatoms. The molecule has 204 valence electrons. The van der Waals surface area contributed by atoms with Gasteiger partial charge in [0.2, 0.25) is 5.91 Å². The van der Waals surface area contributed by atoms with E-state index >= 15 is 0 Å². The van der Waals surface area contributed by atoms with Crippen molar-refractivity contribution in [3.05, 3.63) is 50.1 Å². The van der Waals surface area contributed by atoms with Crippen molar-refractivity contribution >= 4 is 57.5 Å². The minimum absolute atomic E-state index is 0.00361. The smallest absolute Gasteiger partial charge is 0.348 e. The highest BCUT2D eigenvalue weighted by atomic mass is 35.5. The molecule has 2 aromatic heterocycles. The summed E-state index contributed by atoms with van der Waals surface area (Å²) in [7, 11) is 1.78. The Bertz CT molecular complexity index is 1330.